The zero-order valence-corrected chi connectivity index (χ0v) is 10.2. The Hall–Kier alpha value is -0.0700. The van der Waals surface area contributed by atoms with E-state index in [9.17, 15) is 4.79 Å². The number of hydrogen-bond donors (Lipinski definition) is 0. The van der Waals surface area contributed by atoms with Crippen LogP contribution in [0.4, 0.5) is 0 Å². The molecule has 0 rings (SSSR count). The molecule has 0 aliphatic rings. The summed E-state index contributed by atoms with van der Waals surface area (Å²) in [7, 11) is 0. The van der Waals surface area contributed by atoms with Gasteiger partial charge in [-0.05, 0) is 0 Å². The number of rotatable bonds is 5. The number of ether oxygens (including phenoxy) is 1. The van der Waals surface area contributed by atoms with Crippen LogP contribution in [0.25, 0.3) is 0 Å². The van der Waals surface area contributed by atoms with Crippen molar-refractivity contribution in [2.75, 3.05) is 32.3 Å². The zero-order valence-electron chi connectivity index (χ0n) is 8.55. The van der Waals surface area contributed by atoms with Crippen LogP contribution in [-0.4, -0.2) is 38.2 Å². The molecule has 0 fully saturated rings. The average Bonchev–Trinajstić information content (AvgIpc) is 2.03. The summed E-state index contributed by atoms with van der Waals surface area (Å²) < 4.78 is 4.89. The van der Waals surface area contributed by atoms with Gasteiger partial charge in [0.25, 0.3) is 0 Å². The maximum absolute atomic E-state index is 10.7. The molecule has 13 heavy (non-hydrogen) atoms. The molecular weight excluding hydrogens is 207 g/mol. The Morgan fingerprint density at radius 3 is 2.54 bits per heavy atom. The van der Waals surface area contributed by atoms with Crippen LogP contribution in [0.3, 0.4) is 0 Å². The van der Waals surface area contributed by atoms with Gasteiger partial charge in [0.05, 0.1) is 0 Å². The Bertz CT molecular complexity index is 205. The van der Waals surface area contributed by atoms with E-state index >= 15 is 0 Å². The van der Waals surface area contributed by atoms with Crippen LogP contribution in [-0.2, 0) is 9.53 Å². The van der Waals surface area contributed by atoms with Gasteiger partial charge in [-0.1, -0.05) is 0 Å². The molecule has 0 atom stereocenters. The van der Waals surface area contributed by atoms with Crippen LogP contribution in [0.2, 0.25) is 0 Å². The summed E-state index contributed by atoms with van der Waals surface area (Å²) in [5.41, 5.74) is 0. The first-order valence-corrected chi connectivity index (χ1v) is 8.70. The molecule has 0 aromatic heterocycles. The molecule has 0 aromatic rings. The molecule has 0 saturated heterocycles. The van der Waals surface area contributed by atoms with Crippen molar-refractivity contribution in [1.82, 2.24) is 0 Å². The monoisotopic (exact) mass is 224 g/mol. The molecule has 0 heterocycles. The minimum atomic E-state index is -2.06. The second kappa shape index (κ2) is 4.43. The van der Waals surface area contributed by atoms with Gasteiger partial charge >= 0.3 is 84.5 Å². The van der Waals surface area contributed by atoms with E-state index in [0.29, 0.717) is 6.61 Å². The second-order valence-electron chi connectivity index (χ2n) is 3.92. The van der Waals surface area contributed by atoms with Crippen LogP contribution in [0, 0.1) is 0 Å². The Labute approximate surface area is 85.0 Å². The van der Waals surface area contributed by atoms with Gasteiger partial charge in [-0.2, -0.15) is 0 Å². The first kappa shape index (κ1) is 12.9. The molecule has 0 saturated carbocycles. The van der Waals surface area contributed by atoms with Crippen LogP contribution >= 0.6 is 17.2 Å². The molecule has 0 bridgehead atoms. The van der Waals surface area contributed by atoms with Gasteiger partial charge in [-0.25, -0.2) is 0 Å². The van der Waals surface area contributed by atoms with E-state index < -0.39 is 5.96 Å². The van der Waals surface area contributed by atoms with Gasteiger partial charge in [-0.3, -0.25) is 0 Å². The van der Waals surface area contributed by atoms with Crippen molar-refractivity contribution in [2.24, 2.45) is 0 Å². The predicted molar refractivity (Wildman–Crippen MR) is 61.2 cm³/mol. The molecule has 0 aliphatic heterocycles. The van der Waals surface area contributed by atoms with Crippen LogP contribution in [0.15, 0.2) is 12.7 Å². The summed E-state index contributed by atoms with van der Waals surface area (Å²) in [6.07, 6.45) is 2.89. The number of hydrogen-bond acceptors (Lipinski definition) is 2. The van der Waals surface area contributed by atoms with Gasteiger partial charge < -0.3 is 0 Å². The average molecular weight is 225 g/mol. The third-order valence-electron chi connectivity index (χ3n) is 2.17. The van der Waals surface area contributed by atoms with E-state index in [0.717, 1.165) is 12.3 Å². The SMILES string of the molecule is C=CC(=O)OCCP(C)(C)(Cl)CC. The molecule has 0 radical (unpaired) electrons. The van der Waals surface area contributed by atoms with Crippen molar-refractivity contribution in [2.45, 2.75) is 6.92 Å². The number of esters is 1. The Balaban J connectivity index is 3.89. The molecule has 0 N–H and O–H groups in total. The Morgan fingerprint density at radius 2 is 2.15 bits per heavy atom. The van der Waals surface area contributed by atoms with Crippen molar-refractivity contribution in [1.29, 1.82) is 0 Å². The van der Waals surface area contributed by atoms with E-state index in [-0.39, 0.29) is 5.97 Å². The maximum atomic E-state index is 10.7. The Morgan fingerprint density at radius 1 is 1.62 bits per heavy atom. The van der Waals surface area contributed by atoms with Crippen molar-refractivity contribution in [3.8, 4) is 0 Å². The van der Waals surface area contributed by atoms with E-state index in [2.05, 4.69) is 26.8 Å². The van der Waals surface area contributed by atoms with Gasteiger partial charge in [-0.15, -0.1) is 0 Å². The molecule has 0 amide bonds. The fourth-order valence-electron chi connectivity index (χ4n) is 0.645. The van der Waals surface area contributed by atoms with Crippen LogP contribution in [0.5, 0.6) is 0 Å². The molecule has 2 nitrogen and oxygen atoms in total. The zero-order chi connectivity index (χ0) is 10.6. The quantitative estimate of drug-likeness (QED) is 0.408. The van der Waals surface area contributed by atoms with Crippen molar-refractivity contribution in [3.05, 3.63) is 12.7 Å². The fourth-order valence-corrected chi connectivity index (χ4v) is 1.82. The summed E-state index contributed by atoms with van der Waals surface area (Å²) in [5, 5.41) is 0. The van der Waals surface area contributed by atoms with Crippen molar-refractivity contribution < 1.29 is 9.53 Å². The molecular formula is C9H18ClO2P. The third kappa shape index (κ3) is 6.06. The summed E-state index contributed by atoms with van der Waals surface area (Å²) in [4.78, 5) is 10.7. The fraction of sp³-hybridized carbons (Fsp3) is 0.667. The molecule has 0 aliphatic carbocycles. The number of carbonyl (C=O) groups excluding carboxylic acids is 1. The normalized spacial score (nSPS) is 14.3. The predicted octanol–water partition coefficient (Wildman–Crippen LogP) is 2.70. The van der Waals surface area contributed by atoms with Crippen molar-refractivity contribution in [3.63, 3.8) is 0 Å². The van der Waals surface area contributed by atoms with Gasteiger partial charge in [0.15, 0.2) is 0 Å². The minimum absolute atomic E-state index is 0.375. The van der Waals surface area contributed by atoms with Gasteiger partial charge in [0.2, 0.25) is 0 Å². The molecule has 0 aromatic carbocycles. The molecule has 0 unspecified atom stereocenters. The molecule has 4 heteroatoms. The van der Waals surface area contributed by atoms with E-state index in [1.807, 2.05) is 0 Å². The first-order valence-electron chi connectivity index (χ1n) is 4.30. The summed E-state index contributed by atoms with van der Waals surface area (Å²) >= 11 is 6.42. The van der Waals surface area contributed by atoms with E-state index in [1.165, 1.54) is 6.08 Å². The van der Waals surface area contributed by atoms with Gasteiger partial charge in [0, 0.05) is 0 Å². The van der Waals surface area contributed by atoms with Crippen LogP contribution < -0.4 is 0 Å². The molecule has 0 spiro atoms. The molecule has 78 valence electrons. The summed E-state index contributed by atoms with van der Waals surface area (Å²) in [6.45, 7) is 9.94. The first-order chi connectivity index (χ1) is 5.78. The van der Waals surface area contributed by atoms with E-state index in [1.54, 1.807) is 0 Å². The second-order valence-corrected chi connectivity index (χ2v) is 13.5. The number of carbonyl (C=O) groups is 1. The number of halogens is 1. The standard InChI is InChI=1S/C9H18ClO2P/c1-5-9(11)12-7-8-13(3,4,10)6-2/h5H,1,6-8H2,2-4H3. The van der Waals surface area contributed by atoms with E-state index in [4.69, 9.17) is 16.0 Å². The summed E-state index contributed by atoms with van der Waals surface area (Å²) in [5.74, 6) is -2.43. The Kier molecular flexibility index (Phi) is 4.41. The third-order valence-corrected chi connectivity index (χ3v) is 6.91. The van der Waals surface area contributed by atoms with Crippen LogP contribution in [0.1, 0.15) is 6.92 Å². The summed E-state index contributed by atoms with van der Waals surface area (Å²) in [6, 6.07) is 0. The van der Waals surface area contributed by atoms with Gasteiger partial charge in [0.1, 0.15) is 0 Å². The topological polar surface area (TPSA) is 26.3 Å². The van der Waals surface area contributed by atoms with Crippen molar-refractivity contribution >= 4 is 23.2 Å².